The number of fused-ring (bicyclic) bond motifs is 1. The van der Waals surface area contributed by atoms with Gasteiger partial charge in [0.15, 0.2) is 0 Å². The number of aliphatic hydroxyl groups excluding tert-OH is 1. The van der Waals surface area contributed by atoms with Gasteiger partial charge in [0.05, 0.1) is 21.6 Å². The van der Waals surface area contributed by atoms with Gasteiger partial charge in [0.1, 0.15) is 0 Å². The van der Waals surface area contributed by atoms with E-state index in [2.05, 4.69) is 5.32 Å². The Labute approximate surface area is 154 Å². The van der Waals surface area contributed by atoms with Crippen molar-refractivity contribution in [3.8, 4) is 0 Å². The first-order chi connectivity index (χ1) is 12.4. The molecular formula is C18H16ClN3O4. The van der Waals surface area contributed by atoms with Gasteiger partial charge in [0.2, 0.25) is 0 Å². The van der Waals surface area contributed by atoms with E-state index in [1.807, 2.05) is 36.0 Å². The first-order valence-corrected chi connectivity index (χ1v) is 8.20. The minimum atomic E-state index is -0.889. The van der Waals surface area contributed by atoms with Crippen molar-refractivity contribution >= 4 is 34.1 Å². The zero-order valence-corrected chi connectivity index (χ0v) is 14.6. The Balaban J connectivity index is 1.69. The van der Waals surface area contributed by atoms with E-state index in [-0.39, 0.29) is 22.8 Å². The second kappa shape index (κ2) is 7.15. The van der Waals surface area contributed by atoms with Crippen LogP contribution in [0.15, 0.2) is 48.7 Å². The van der Waals surface area contributed by atoms with Crippen LogP contribution in [-0.2, 0) is 7.05 Å². The minimum absolute atomic E-state index is 0.00943. The number of nitrogens with zero attached hydrogens (tertiary/aromatic N) is 2. The number of nitrogens with one attached hydrogen (secondary N) is 1. The largest absolute Gasteiger partial charge is 0.387 e. The summed E-state index contributed by atoms with van der Waals surface area (Å²) in [5, 5.41) is 24.6. The molecule has 0 saturated carbocycles. The lowest BCUT2D eigenvalue weighted by molar-refractivity contribution is -0.384. The summed E-state index contributed by atoms with van der Waals surface area (Å²) in [7, 11) is 1.94. The molecule has 0 radical (unpaired) electrons. The van der Waals surface area contributed by atoms with Gasteiger partial charge in [-0.1, -0.05) is 17.7 Å². The van der Waals surface area contributed by atoms with E-state index in [1.54, 1.807) is 6.07 Å². The van der Waals surface area contributed by atoms with E-state index < -0.39 is 16.9 Å². The van der Waals surface area contributed by atoms with Crippen LogP contribution in [0, 0.1) is 10.1 Å². The highest BCUT2D eigenvalue weighted by atomic mass is 35.5. The molecule has 7 nitrogen and oxygen atoms in total. The number of hydrogen-bond acceptors (Lipinski definition) is 4. The Morgan fingerprint density at radius 3 is 2.77 bits per heavy atom. The van der Waals surface area contributed by atoms with Crippen LogP contribution in [0.4, 0.5) is 5.69 Å². The summed E-state index contributed by atoms with van der Waals surface area (Å²) in [4.78, 5) is 22.3. The number of carbonyl (C=O) groups excluding carboxylic acids is 1. The summed E-state index contributed by atoms with van der Waals surface area (Å²) >= 11 is 5.94. The highest BCUT2D eigenvalue weighted by Crippen LogP contribution is 2.23. The fourth-order valence-corrected chi connectivity index (χ4v) is 2.97. The molecule has 26 heavy (non-hydrogen) atoms. The molecule has 3 rings (SSSR count). The second-order valence-electron chi connectivity index (χ2n) is 5.89. The Kier molecular flexibility index (Phi) is 4.92. The molecule has 0 fully saturated rings. The average Bonchev–Trinajstić information content (AvgIpc) is 2.99. The van der Waals surface area contributed by atoms with Crippen molar-refractivity contribution in [2.45, 2.75) is 6.10 Å². The monoisotopic (exact) mass is 373 g/mol. The molecule has 134 valence electrons. The number of non-ortho nitro benzene ring substituents is 1. The van der Waals surface area contributed by atoms with Gasteiger partial charge in [-0.05, 0) is 35.2 Å². The molecule has 3 aromatic rings. The number of carbonyl (C=O) groups is 1. The summed E-state index contributed by atoms with van der Waals surface area (Å²) in [6.45, 7) is -0.00943. The maximum atomic E-state index is 12.2. The molecule has 0 aliphatic heterocycles. The summed E-state index contributed by atoms with van der Waals surface area (Å²) in [6.07, 6.45) is 1.04. The van der Waals surface area contributed by atoms with E-state index in [1.165, 1.54) is 12.1 Å². The molecule has 1 aromatic heterocycles. The predicted octanol–water partition coefficient (Wildman–Crippen LogP) is 3.20. The third-order valence-electron chi connectivity index (χ3n) is 4.16. The van der Waals surface area contributed by atoms with E-state index in [0.29, 0.717) is 5.56 Å². The smallest absolute Gasteiger partial charge is 0.270 e. The highest BCUT2D eigenvalue weighted by Gasteiger charge is 2.16. The van der Waals surface area contributed by atoms with E-state index in [9.17, 15) is 20.0 Å². The molecule has 8 heteroatoms. The average molecular weight is 374 g/mol. The van der Waals surface area contributed by atoms with E-state index in [0.717, 1.165) is 17.0 Å². The Hall–Kier alpha value is -2.90. The third kappa shape index (κ3) is 3.54. The van der Waals surface area contributed by atoms with Crippen molar-refractivity contribution in [3.05, 3.63) is 74.9 Å². The van der Waals surface area contributed by atoms with E-state index in [4.69, 9.17) is 11.6 Å². The number of nitro benzene ring substituents is 1. The first kappa shape index (κ1) is 17.9. The standard InChI is InChI=1S/C18H16ClN3O4/c1-21-7-6-11-8-12(2-5-16(11)21)17(23)10-20-18(24)14-4-3-13(22(25)26)9-15(14)19/h2-9,17,23H,10H2,1H3,(H,20,24). The number of hydrogen-bond donors (Lipinski definition) is 2. The molecule has 1 unspecified atom stereocenters. The summed E-state index contributed by atoms with van der Waals surface area (Å²) in [5.74, 6) is -0.510. The van der Waals surface area contributed by atoms with Crippen molar-refractivity contribution < 1.29 is 14.8 Å². The first-order valence-electron chi connectivity index (χ1n) is 7.82. The van der Waals surface area contributed by atoms with Gasteiger partial charge in [-0.3, -0.25) is 14.9 Å². The zero-order valence-electron chi connectivity index (χ0n) is 13.8. The molecule has 0 bridgehead atoms. The van der Waals surface area contributed by atoms with Crippen LogP contribution in [0.1, 0.15) is 22.0 Å². The van der Waals surface area contributed by atoms with Crippen LogP contribution in [-0.4, -0.2) is 27.0 Å². The van der Waals surface area contributed by atoms with Gasteiger partial charge in [0.25, 0.3) is 11.6 Å². The topological polar surface area (TPSA) is 97.4 Å². The molecule has 1 atom stereocenters. The van der Waals surface area contributed by atoms with Crippen LogP contribution in [0.5, 0.6) is 0 Å². The number of aryl methyl sites for hydroxylation is 1. The lowest BCUT2D eigenvalue weighted by Gasteiger charge is -2.13. The number of nitro groups is 1. The maximum Gasteiger partial charge on any atom is 0.270 e. The third-order valence-corrected chi connectivity index (χ3v) is 4.47. The molecule has 2 aromatic carbocycles. The Morgan fingerprint density at radius 2 is 2.08 bits per heavy atom. The maximum absolute atomic E-state index is 12.2. The van der Waals surface area contributed by atoms with Gasteiger partial charge in [-0.2, -0.15) is 0 Å². The number of benzene rings is 2. The van der Waals surface area contributed by atoms with Gasteiger partial charge >= 0.3 is 0 Å². The number of amides is 1. The number of rotatable bonds is 5. The van der Waals surface area contributed by atoms with Crippen LogP contribution in [0.3, 0.4) is 0 Å². The van der Waals surface area contributed by atoms with Crippen molar-refractivity contribution in [1.29, 1.82) is 0 Å². The molecular weight excluding hydrogens is 358 g/mol. The quantitative estimate of drug-likeness (QED) is 0.530. The fourth-order valence-electron chi connectivity index (χ4n) is 2.71. The van der Waals surface area contributed by atoms with Crippen LogP contribution < -0.4 is 5.32 Å². The van der Waals surface area contributed by atoms with Gasteiger partial charge < -0.3 is 15.0 Å². The zero-order chi connectivity index (χ0) is 18.8. The van der Waals surface area contributed by atoms with Gasteiger partial charge in [-0.25, -0.2) is 0 Å². The normalized spacial score (nSPS) is 12.1. The second-order valence-corrected chi connectivity index (χ2v) is 6.30. The predicted molar refractivity (Wildman–Crippen MR) is 98.3 cm³/mol. The van der Waals surface area contributed by atoms with Gasteiger partial charge in [-0.15, -0.1) is 0 Å². The van der Waals surface area contributed by atoms with Gasteiger partial charge in [0, 0.05) is 37.4 Å². The van der Waals surface area contributed by atoms with Crippen molar-refractivity contribution in [3.63, 3.8) is 0 Å². The molecule has 0 spiro atoms. The molecule has 1 heterocycles. The SMILES string of the molecule is Cn1ccc2cc(C(O)CNC(=O)c3ccc([N+](=O)[O-])cc3Cl)ccc21. The van der Waals surface area contributed by atoms with Crippen molar-refractivity contribution in [1.82, 2.24) is 9.88 Å². The molecule has 0 aliphatic carbocycles. The van der Waals surface area contributed by atoms with Crippen LogP contribution in [0.25, 0.3) is 10.9 Å². The number of aliphatic hydroxyl groups is 1. The van der Waals surface area contributed by atoms with Crippen molar-refractivity contribution in [2.75, 3.05) is 6.54 Å². The van der Waals surface area contributed by atoms with Crippen LogP contribution in [0.2, 0.25) is 5.02 Å². The molecule has 0 saturated heterocycles. The lowest BCUT2D eigenvalue weighted by Crippen LogP contribution is -2.28. The summed E-state index contributed by atoms with van der Waals surface area (Å²) in [5.41, 5.74) is 1.65. The summed E-state index contributed by atoms with van der Waals surface area (Å²) < 4.78 is 1.98. The number of aromatic nitrogens is 1. The molecule has 1 amide bonds. The van der Waals surface area contributed by atoms with E-state index >= 15 is 0 Å². The summed E-state index contributed by atoms with van der Waals surface area (Å²) in [6, 6.07) is 11.1. The number of halogens is 1. The Bertz CT molecular complexity index is 999. The Morgan fingerprint density at radius 1 is 1.31 bits per heavy atom. The van der Waals surface area contributed by atoms with Crippen LogP contribution >= 0.6 is 11.6 Å². The fraction of sp³-hybridized carbons (Fsp3) is 0.167. The minimum Gasteiger partial charge on any atom is -0.387 e. The lowest BCUT2D eigenvalue weighted by atomic mass is 10.1. The molecule has 0 aliphatic rings. The highest BCUT2D eigenvalue weighted by molar-refractivity contribution is 6.34. The molecule has 2 N–H and O–H groups in total. The van der Waals surface area contributed by atoms with Crippen molar-refractivity contribution in [2.24, 2.45) is 7.05 Å².